The summed E-state index contributed by atoms with van der Waals surface area (Å²) in [5.41, 5.74) is 1.27. The molecule has 0 amide bonds. The lowest BCUT2D eigenvalue weighted by molar-refractivity contribution is -0.141. The van der Waals surface area contributed by atoms with E-state index in [9.17, 15) is 9.90 Å². The number of ether oxygens (including phenoxy) is 1. The lowest BCUT2D eigenvalue weighted by Crippen LogP contribution is -2.47. The fourth-order valence-corrected chi connectivity index (χ4v) is 3.16. The number of methoxy groups -OCH3 is 1. The van der Waals surface area contributed by atoms with E-state index in [0.717, 1.165) is 26.1 Å². The van der Waals surface area contributed by atoms with Crippen molar-refractivity contribution >= 4 is 5.97 Å². The fourth-order valence-electron chi connectivity index (χ4n) is 3.16. The normalized spacial score (nSPS) is 26.5. The molecular formula is C17H25NO3. The van der Waals surface area contributed by atoms with Crippen LogP contribution in [-0.2, 0) is 14.9 Å². The number of phenols is 1. The maximum Gasteiger partial charge on any atom is 0.306 e. The first-order valence-electron chi connectivity index (χ1n) is 7.54. The first-order chi connectivity index (χ1) is 9.95. The molecule has 1 aliphatic rings. The molecule has 1 N–H and O–H groups in total. The number of carbonyl (C=O) groups is 1. The van der Waals surface area contributed by atoms with Gasteiger partial charge in [0.1, 0.15) is 5.75 Å². The summed E-state index contributed by atoms with van der Waals surface area (Å²) in [5.74, 6) is 0.642. The number of hydrogen-bond acceptors (Lipinski definition) is 4. The van der Waals surface area contributed by atoms with Crippen LogP contribution < -0.4 is 0 Å². The van der Waals surface area contributed by atoms with Gasteiger partial charge in [-0.05, 0) is 42.0 Å². The first kappa shape index (κ1) is 15.8. The van der Waals surface area contributed by atoms with Gasteiger partial charge in [0.2, 0.25) is 0 Å². The molecule has 2 rings (SSSR count). The zero-order chi connectivity index (χ0) is 15.5. The molecule has 0 saturated carbocycles. The van der Waals surface area contributed by atoms with Crippen LogP contribution in [0.15, 0.2) is 24.3 Å². The molecule has 116 valence electrons. The van der Waals surface area contributed by atoms with Crippen molar-refractivity contribution in [2.24, 2.45) is 5.92 Å². The number of benzene rings is 1. The Labute approximate surface area is 126 Å². The molecule has 1 fully saturated rings. The smallest absolute Gasteiger partial charge is 0.306 e. The van der Waals surface area contributed by atoms with Crippen molar-refractivity contribution in [3.8, 4) is 5.75 Å². The van der Waals surface area contributed by atoms with Crippen LogP contribution >= 0.6 is 0 Å². The number of esters is 1. The van der Waals surface area contributed by atoms with Gasteiger partial charge in [-0.25, -0.2) is 0 Å². The molecule has 0 aromatic heterocycles. The minimum absolute atomic E-state index is 0.0699. The van der Waals surface area contributed by atoms with Gasteiger partial charge in [0.25, 0.3) is 0 Å². The Balaban J connectivity index is 2.01. The lowest BCUT2D eigenvalue weighted by Gasteiger charge is -2.45. The maximum absolute atomic E-state index is 11.2. The Morgan fingerprint density at radius 1 is 1.52 bits per heavy atom. The van der Waals surface area contributed by atoms with Gasteiger partial charge in [-0.1, -0.05) is 26.0 Å². The Kier molecular flexibility index (Phi) is 4.88. The number of hydrogen-bond donors (Lipinski definition) is 1. The predicted octanol–water partition coefficient (Wildman–Crippen LogP) is 2.55. The zero-order valence-electron chi connectivity index (χ0n) is 13.1. The average molecular weight is 291 g/mol. The summed E-state index contributed by atoms with van der Waals surface area (Å²) in [6.07, 6.45) is 1.48. The molecule has 1 aromatic carbocycles. The maximum atomic E-state index is 11.2. The zero-order valence-corrected chi connectivity index (χ0v) is 13.1. The van der Waals surface area contributed by atoms with Gasteiger partial charge in [0.05, 0.1) is 13.5 Å². The van der Waals surface area contributed by atoms with Gasteiger partial charge in [0.15, 0.2) is 0 Å². The molecular weight excluding hydrogens is 266 g/mol. The predicted molar refractivity (Wildman–Crippen MR) is 82.3 cm³/mol. The monoisotopic (exact) mass is 291 g/mol. The largest absolute Gasteiger partial charge is 0.508 e. The number of rotatable bonds is 4. The number of piperidine rings is 1. The summed E-state index contributed by atoms with van der Waals surface area (Å²) in [6.45, 7) is 7.20. The summed E-state index contributed by atoms with van der Waals surface area (Å²) in [4.78, 5) is 13.6. The van der Waals surface area contributed by atoms with Crippen molar-refractivity contribution in [1.82, 2.24) is 4.90 Å². The van der Waals surface area contributed by atoms with Gasteiger partial charge in [-0.2, -0.15) is 0 Å². The van der Waals surface area contributed by atoms with Gasteiger partial charge < -0.3 is 14.7 Å². The van der Waals surface area contributed by atoms with Crippen molar-refractivity contribution in [2.45, 2.75) is 32.1 Å². The number of likely N-dealkylation sites (tertiary alicyclic amines) is 1. The van der Waals surface area contributed by atoms with Crippen molar-refractivity contribution in [2.75, 3.05) is 26.7 Å². The second-order valence-electron chi connectivity index (χ2n) is 6.25. The van der Waals surface area contributed by atoms with E-state index in [1.165, 1.54) is 12.7 Å². The van der Waals surface area contributed by atoms with Crippen LogP contribution in [0.1, 0.15) is 32.3 Å². The van der Waals surface area contributed by atoms with E-state index >= 15 is 0 Å². The quantitative estimate of drug-likeness (QED) is 0.866. The molecule has 0 bridgehead atoms. The van der Waals surface area contributed by atoms with E-state index in [1.54, 1.807) is 6.07 Å². The topological polar surface area (TPSA) is 49.8 Å². The highest BCUT2D eigenvalue weighted by molar-refractivity contribution is 5.69. The molecule has 0 spiro atoms. The summed E-state index contributed by atoms with van der Waals surface area (Å²) < 4.78 is 4.70. The van der Waals surface area contributed by atoms with Crippen molar-refractivity contribution < 1.29 is 14.6 Å². The third-order valence-electron chi connectivity index (χ3n) is 4.93. The van der Waals surface area contributed by atoms with Crippen LogP contribution in [0.5, 0.6) is 5.75 Å². The average Bonchev–Trinajstić information content (AvgIpc) is 2.48. The van der Waals surface area contributed by atoms with E-state index < -0.39 is 0 Å². The molecule has 1 unspecified atom stereocenters. The SMILES string of the molecule is COC(=O)CCN1CC[C@@](C)(c2cccc(O)c2)C(C)C1. The molecule has 4 nitrogen and oxygen atoms in total. The third-order valence-corrected chi connectivity index (χ3v) is 4.93. The van der Waals surface area contributed by atoms with Crippen LogP contribution in [0, 0.1) is 5.92 Å². The number of phenolic OH excluding ortho intramolecular Hbond substituents is 1. The van der Waals surface area contributed by atoms with Crippen molar-refractivity contribution in [3.05, 3.63) is 29.8 Å². The highest BCUT2D eigenvalue weighted by Gasteiger charge is 2.38. The Morgan fingerprint density at radius 2 is 2.29 bits per heavy atom. The minimum atomic E-state index is -0.149. The molecule has 1 aromatic rings. The molecule has 0 radical (unpaired) electrons. The Bertz CT molecular complexity index is 503. The van der Waals surface area contributed by atoms with E-state index in [4.69, 9.17) is 4.74 Å². The molecule has 2 atom stereocenters. The summed E-state index contributed by atoms with van der Waals surface area (Å²) in [5, 5.41) is 9.71. The van der Waals surface area contributed by atoms with Gasteiger partial charge in [0, 0.05) is 13.1 Å². The van der Waals surface area contributed by atoms with Gasteiger partial charge in [-0.15, -0.1) is 0 Å². The summed E-state index contributed by atoms with van der Waals surface area (Å²) >= 11 is 0. The molecule has 1 saturated heterocycles. The van der Waals surface area contributed by atoms with Crippen LogP contribution in [0.2, 0.25) is 0 Å². The van der Waals surface area contributed by atoms with E-state index in [1.807, 2.05) is 12.1 Å². The van der Waals surface area contributed by atoms with Crippen LogP contribution in [0.4, 0.5) is 0 Å². The second kappa shape index (κ2) is 6.48. The van der Waals surface area contributed by atoms with Crippen molar-refractivity contribution in [1.29, 1.82) is 0 Å². The number of carbonyl (C=O) groups excluding carboxylic acids is 1. The van der Waals surface area contributed by atoms with Crippen LogP contribution in [-0.4, -0.2) is 42.7 Å². The Hall–Kier alpha value is -1.55. The minimum Gasteiger partial charge on any atom is -0.508 e. The molecule has 21 heavy (non-hydrogen) atoms. The van der Waals surface area contributed by atoms with Gasteiger partial charge >= 0.3 is 5.97 Å². The number of nitrogens with zero attached hydrogens (tertiary/aromatic N) is 1. The van der Waals surface area contributed by atoms with Crippen LogP contribution in [0.25, 0.3) is 0 Å². The summed E-state index contributed by atoms with van der Waals surface area (Å²) in [6, 6.07) is 7.59. The van der Waals surface area contributed by atoms with Crippen LogP contribution in [0.3, 0.4) is 0 Å². The summed E-state index contributed by atoms with van der Waals surface area (Å²) in [7, 11) is 1.43. The molecule has 0 aliphatic carbocycles. The number of aromatic hydroxyl groups is 1. The lowest BCUT2D eigenvalue weighted by atomic mass is 9.68. The highest BCUT2D eigenvalue weighted by Crippen LogP contribution is 2.40. The molecule has 1 heterocycles. The van der Waals surface area contributed by atoms with E-state index in [-0.39, 0.29) is 11.4 Å². The van der Waals surface area contributed by atoms with Crippen molar-refractivity contribution in [3.63, 3.8) is 0 Å². The fraction of sp³-hybridized carbons (Fsp3) is 0.588. The van der Waals surface area contributed by atoms with E-state index in [2.05, 4.69) is 24.8 Å². The highest BCUT2D eigenvalue weighted by atomic mass is 16.5. The molecule has 1 aliphatic heterocycles. The third kappa shape index (κ3) is 3.56. The second-order valence-corrected chi connectivity index (χ2v) is 6.25. The standard InChI is InChI=1S/C17H25NO3/c1-13-12-18(9-7-16(20)21-3)10-8-17(13,2)14-5-4-6-15(19)11-14/h4-6,11,13,19H,7-10,12H2,1-3H3/t13?,17-/m1/s1. The van der Waals surface area contributed by atoms with E-state index in [0.29, 0.717) is 18.1 Å². The first-order valence-corrected chi connectivity index (χ1v) is 7.54. The van der Waals surface area contributed by atoms with Gasteiger partial charge in [-0.3, -0.25) is 4.79 Å². The molecule has 4 heteroatoms. The Morgan fingerprint density at radius 3 is 2.90 bits per heavy atom.